The predicted octanol–water partition coefficient (Wildman–Crippen LogP) is 2.25. The summed E-state index contributed by atoms with van der Waals surface area (Å²) >= 11 is 0. The molecule has 0 bridgehead atoms. The average molecular weight is 292 g/mol. The summed E-state index contributed by atoms with van der Waals surface area (Å²) in [5, 5.41) is 13.1. The molecule has 21 heavy (non-hydrogen) atoms. The van der Waals surface area contributed by atoms with Crippen molar-refractivity contribution in [1.82, 2.24) is 10.2 Å². The standard InChI is InChI=1S/C17H25FN2O/c18-14-4-2-13-3-5-17(16(13)12-14)19-8-1-9-20-10-6-15(21)7-11-20/h2,4,12,15,17,19,21H,1,3,5-11H2. The number of hydrogen-bond acceptors (Lipinski definition) is 3. The van der Waals surface area contributed by atoms with Crippen LogP contribution in [0, 0.1) is 5.82 Å². The van der Waals surface area contributed by atoms with Crippen molar-refractivity contribution in [3.8, 4) is 0 Å². The van der Waals surface area contributed by atoms with Gasteiger partial charge in [0.05, 0.1) is 6.10 Å². The molecule has 1 atom stereocenters. The van der Waals surface area contributed by atoms with Crippen molar-refractivity contribution < 1.29 is 9.50 Å². The lowest BCUT2D eigenvalue weighted by Gasteiger charge is -2.29. The Balaban J connectivity index is 1.40. The number of aliphatic hydroxyl groups is 1. The molecule has 3 rings (SSSR count). The van der Waals surface area contributed by atoms with Gasteiger partial charge in [-0.1, -0.05) is 6.07 Å². The van der Waals surface area contributed by atoms with Gasteiger partial charge in [-0.25, -0.2) is 4.39 Å². The van der Waals surface area contributed by atoms with Crippen LogP contribution < -0.4 is 5.32 Å². The summed E-state index contributed by atoms with van der Waals surface area (Å²) in [6.45, 7) is 4.08. The first-order valence-corrected chi connectivity index (χ1v) is 8.14. The average Bonchev–Trinajstić information content (AvgIpc) is 2.88. The zero-order valence-corrected chi connectivity index (χ0v) is 12.5. The minimum Gasteiger partial charge on any atom is -0.393 e. The third-order valence-corrected chi connectivity index (χ3v) is 4.78. The topological polar surface area (TPSA) is 35.5 Å². The lowest BCUT2D eigenvalue weighted by molar-refractivity contribution is 0.0820. The van der Waals surface area contributed by atoms with Gasteiger partial charge in [0.15, 0.2) is 0 Å². The molecule has 0 radical (unpaired) electrons. The van der Waals surface area contributed by atoms with E-state index in [1.807, 2.05) is 6.07 Å². The second-order valence-corrected chi connectivity index (χ2v) is 6.31. The van der Waals surface area contributed by atoms with Crippen LogP contribution in [0.4, 0.5) is 4.39 Å². The second-order valence-electron chi connectivity index (χ2n) is 6.31. The highest BCUT2D eigenvalue weighted by atomic mass is 19.1. The van der Waals surface area contributed by atoms with Crippen molar-refractivity contribution in [1.29, 1.82) is 0 Å². The predicted molar refractivity (Wildman–Crippen MR) is 81.8 cm³/mol. The molecule has 4 heteroatoms. The van der Waals surface area contributed by atoms with Crippen LogP contribution in [0.1, 0.15) is 42.9 Å². The first kappa shape index (κ1) is 14.9. The van der Waals surface area contributed by atoms with Crippen molar-refractivity contribution in [3.63, 3.8) is 0 Å². The summed E-state index contributed by atoms with van der Waals surface area (Å²) in [5.41, 5.74) is 2.44. The van der Waals surface area contributed by atoms with E-state index in [0.29, 0.717) is 6.04 Å². The van der Waals surface area contributed by atoms with Crippen molar-refractivity contribution in [2.24, 2.45) is 0 Å². The van der Waals surface area contributed by atoms with Crippen molar-refractivity contribution >= 4 is 0 Å². The van der Waals surface area contributed by atoms with E-state index in [2.05, 4.69) is 10.2 Å². The number of piperidine rings is 1. The Morgan fingerprint density at radius 2 is 2.05 bits per heavy atom. The van der Waals surface area contributed by atoms with E-state index in [-0.39, 0.29) is 11.9 Å². The zero-order chi connectivity index (χ0) is 14.7. The van der Waals surface area contributed by atoms with Gasteiger partial charge in [0, 0.05) is 19.1 Å². The van der Waals surface area contributed by atoms with Crippen LogP contribution in [-0.4, -0.2) is 42.3 Å². The van der Waals surface area contributed by atoms with E-state index in [9.17, 15) is 9.50 Å². The van der Waals surface area contributed by atoms with E-state index in [0.717, 1.165) is 63.8 Å². The number of aryl methyl sites for hydroxylation is 1. The van der Waals surface area contributed by atoms with E-state index >= 15 is 0 Å². The van der Waals surface area contributed by atoms with E-state index < -0.39 is 0 Å². The minimum absolute atomic E-state index is 0.0933. The summed E-state index contributed by atoms with van der Waals surface area (Å²) in [6, 6.07) is 5.49. The molecule has 1 aromatic carbocycles. The van der Waals surface area contributed by atoms with Crippen LogP contribution in [0.25, 0.3) is 0 Å². The third kappa shape index (κ3) is 3.82. The molecule has 1 aromatic rings. The number of fused-ring (bicyclic) bond motifs is 1. The Hall–Kier alpha value is -0.970. The third-order valence-electron chi connectivity index (χ3n) is 4.78. The van der Waals surface area contributed by atoms with Gasteiger partial charge in [0.1, 0.15) is 5.82 Å². The molecule has 1 aliphatic heterocycles. The van der Waals surface area contributed by atoms with Gasteiger partial charge in [-0.3, -0.25) is 0 Å². The second kappa shape index (κ2) is 6.86. The van der Waals surface area contributed by atoms with Gasteiger partial charge < -0.3 is 15.3 Å². The fourth-order valence-corrected chi connectivity index (χ4v) is 3.51. The largest absolute Gasteiger partial charge is 0.393 e. The number of hydrogen-bond donors (Lipinski definition) is 2. The van der Waals surface area contributed by atoms with E-state index in [4.69, 9.17) is 0 Å². The highest BCUT2D eigenvalue weighted by molar-refractivity contribution is 5.34. The fourth-order valence-electron chi connectivity index (χ4n) is 3.51. The Morgan fingerprint density at radius 3 is 2.86 bits per heavy atom. The van der Waals surface area contributed by atoms with Gasteiger partial charge in [0.25, 0.3) is 0 Å². The van der Waals surface area contributed by atoms with Crippen LogP contribution in [-0.2, 0) is 6.42 Å². The summed E-state index contributed by atoms with van der Waals surface area (Å²) in [6.07, 6.45) is 4.96. The van der Waals surface area contributed by atoms with Crippen LogP contribution in [0.5, 0.6) is 0 Å². The Bertz CT molecular complexity index is 472. The monoisotopic (exact) mass is 292 g/mol. The molecule has 3 nitrogen and oxygen atoms in total. The van der Waals surface area contributed by atoms with Crippen molar-refractivity contribution in [3.05, 3.63) is 35.1 Å². The smallest absolute Gasteiger partial charge is 0.123 e. The van der Waals surface area contributed by atoms with Gasteiger partial charge in [-0.15, -0.1) is 0 Å². The molecule has 1 fully saturated rings. The Kier molecular flexibility index (Phi) is 4.88. The Labute approximate surface area is 126 Å². The first-order valence-electron chi connectivity index (χ1n) is 8.14. The normalized spacial score (nSPS) is 23.4. The van der Waals surface area contributed by atoms with Crippen molar-refractivity contribution in [2.45, 2.75) is 44.2 Å². The van der Waals surface area contributed by atoms with Crippen LogP contribution >= 0.6 is 0 Å². The molecular formula is C17H25FN2O. The lowest BCUT2D eigenvalue weighted by atomic mass is 10.1. The van der Waals surface area contributed by atoms with Crippen LogP contribution in [0.15, 0.2) is 18.2 Å². The molecular weight excluding hydrogens is 267 g/mol. The van der Waals surface area contributed by atoms with E-state index in [1.165, 1.54) is 5.56 Å². The molecule has 116 valence electrons. The number of nitrogens with one attached hydrogen (secondary N) is 1. The molecule has 1 aliphatic carbocycles. The highest BCUT2D eigenvalue weighted by Gasteiger charge is 2.22. The lowest BCUT2D eigenvalue weighted by Crippen LogP contribution is -2.37. The van der Waals surface area contributed by atoms with Gasteiger partial charge >= 0.3 is 0 Å². The molecule has 1 heterocycles. The molecule has 2 N–H and O–H groups in total. The fraction of sp³-hybridized carbons (Fsp3) is 0.647. The molecule has 0 aromatic heterocycles. The van der Waals surface area contributed by atoms with Gasteiger partial charge in [-0.2, -0.15) is 0 Å². The molecule has 0 spiro atoms. The van der Waals surface area contributed by atoms with E-state index in [1.54, 1.807) is 12.1 Å². The maximum Gasteiger partial charge on any atom is 0.123 e. The molecule has 1 saturated heterocycles. The summed E-state index contributed by atoms with van der Waals surface area (Å²) < 4.78 is 13.3. The van der Waals surface area contributed by atoms with Crippen molar-refractivity contribution in [2.75, 3.05) is 26.2 Å². The number of likely N-dealkylation sites (tertiary alicyclic amines) is 1. The zero-order valence-electron chi connectivity index (χ0n) is 12.5. The number of nitrogens with zero attached hydrogens (tertiary/aromatic N) is 1. The molecule has 2 aliphatic rings. The van der Waals surface area contributed by atoms with Crippen LogP contribution in [0.3, 0.4) is 0 Å². The molecule has 0 amide bonds. The SMILES string of the molecule is OC1CCN(CCCNC2CCc3ccc(F)cc32)CC1. The summed E-state index contributed by atoms with van der Waals surface area (Å²) in [5.74, 6) is -0.130. The van der Waals surface area contributed by atoms with Crippen LogP contribution in [0.2, 0.25) is 0 Å². The number of aliphatic hydroxyl groups excluding tert-OH is 1. The quantitative estimate of drug-likeness (QED) is 0.817. The highest BCUT2D eigenvalue weighted by Crippen LogP contribution is 2.31. The summed E-state index contributed by atoms with van der Waals surface area (Å²) in [7, 11) is 0. The number of benzene rings is 1. The van der Waals surface area contributed by atoms with Gasteiger partial charge in [0.2, 0.25) is 0 Å². The summed E-state index contributed by atoms with van der Waals surface area (Å²) in [4.78, 5) is 2.43. The minimum atomic E-state index is -0.130. The molecule has 1 unspecified atom stereocenters. The Morgan fingerprint density at radius 1 is 1.24 bits per heavy atom. The maximum atomic E-state index is 13.3. The first-order chi connectivity index (χ1) is 10.2. The number of rotatable bonds is 5. The molecule has 0 saturated carbocycles. The maximum absolute atomic E-state index is 13.3. The van der Waals surface area contributed by atoms with Gasteiger partial charge in [-0.05, 0) is 68.5 Å². The number of halogens is 1.